The third-order valence-corrected chi connectivity index (χ3v) is 4.06. The van der Waals surface area contributed by atoms with Gasteiger partial charge in [-0.15, -0.1) is 12.4 Å². The summed E-state index contributed by atoms with van der Waals surface area (Å²) in [4.78, 5) is 0. The average molecular weight is 308 g/mol. The predicted octanol–water partition coefficient (Wildman–Crippen LogP) is 2.89. The van der Waals surface area contributed by atoms with Crippen LogP contribution in [0, 0.1) is 0 Å². The summed E-state index contributed by atoms with van der Waals surface area (Å²) in [7, 11) is 0. The molecule has 2 aromatic rings. The number of hydrogen-bond donors (Lipinski definition) is 3. The lowest BCUT2D eigenvalue weighted by atomic mass is 9.93. The Labute approximate surface area is 131 Å². The van der Waals surface area contributed by atoms with Crippen LogP contribution in [-0.4, -0.2) is 27.4 Å². The zero-order chi connectivity index (χ0) is 13.8. The van der Waals surface area contributed by atoms with Gasteiger partial charge in [0.2, 0.25) is 0 Å². The number of rotatable bonds is 4. The van der Waals surface area contributed by atoms with Crippen molar-refractivity contribution in [1.29, 1.82) is 0 Å². The van der Waals surface area contributed by atoms with Gasteiger partial charge in [0.25, 0.3) is 0 Å². The standard InChI is InChI=1S/C16H21N3O.ClH/c20-15-8-6-14(7-9-15)17-10-13-11-18-19-16(13)12-4-2-1-3-5-12;/h1-5,11,14-15,17,20H,6-10H2,(H,18,19);1H. The van der Waals surface area contributed by atoms with Crippen LogP contribution >= 0.6 is 12.4 Å². The fourth-order valence-electron chi connectivity index (χ4n) is 2.83. The van der Waals surface area contributed by atoms with Crippen LogP contribution in [0.3, 0.4) is 0 Å². The summed E-state index contributed by atoms with van der Waals surface area (Å²) in [5, 5.41) is 20.4. The van der Waals surface area contributed by atoms with Gasteiger partial charge in [-0.2, -0.15) is 5.10 Å². The SMILES string of the molecule is Cl.OC1CCC(NCc2cn[nH]c2-c2ccccc2)CC1. The summed E-state index contributed by atoms with van der Waals surface area (Å²) in [5.74, 6) is 0. The molecule has 1 aliphatic carbocycles. The highest BCUT2D eigenvalue weighted by atomic mass is 35.5. The van der Waals surface area contributed by atoms with E-state index in [0.29, 0.717) is 6.04 Å². The Hall–Kier alpha value is -1.36. The maximum absolute atomic E-state index is 9.53. The minimum atomic E-state index is -0.0955. The molecule has 0 saturated heterocycles. The van der Waals surface area contributed by atoms with Crippen LogP contribution in [0.1, 0.15) is 31.2 Å². The molecule has 0 unspecified atom stereocenters. The summed E-state index contributed by atoms with van der Waals surface area (Å²) in [6.45, 7) is 0.821. The molecule has 0 aliphatic heterocycles. The molecule has 0 radical (unpaired) electrons. The summed E-state index contributed by atoms with van der Waals surface area (Å²) in [5.41, 5.74) is 3.46. The third kappa shape index (κ3) is 4.06. The second-order valence-electron chi connectivity index (χ2n) is 5.52. The van der Waals surface area contributed by atoms with Gasteiger partial charge in [0.05, 0.1) is 18.0 Å². The van der Waals surface area contributed by atoms with Crippen LogP contribution in [0.15, 0.2) is 36.5 Å². The van der Waals surface area contributed by atoms with Crippen molar-refractivity contribution in [3.8, 4) is 11.3 Å². The van der Waals surface area contributed by atoms with Gasteiger partial charge in [-0.3, -0.25) is 5.10 Å². The molecular formula is C16H22ClN3O. The summed E-state index contributed by atoms with van der Waals surface area (Å²) >= 11 is 0. The first kappa shape index (κ1) is 16.0. The van der Waals surface area contributed by atoms with Gasteiger partial charge in [0.1, 0.15) is 0 Å². The third-order valence-electron chi connectivity index (χ3n) is 4.06. The molecule has 1 saturated carbocycles. The zero-order valence-electron chi connectivity index (χ0n) is 12.0. The number of H-pyrrole nitrogens is 1. The van der Waals surface area contributed by atoms with E-state index in [1.807, 2.05) is 24.4 Å². The van der Waals surface area contributed by atoms with E-state index in [1.54, 1.807) is 0 Å². The molecule has 3 rings (SSSR count). The van der Waals surface area contributed by atoms with Gasteiger partial charge in [-0.25, -0.2) is 0 Å². The number of aromatic amines is 1. The molecule has 114 valence electrons. The van der Waals surface area contributed by atoms with Crippen molar-refractivity contribution in [2.75, 3.05) is 0 Å². The summed E-state index contributed by atoms with van der Waals surface area (Å²) in [6, 6.07) is 10.8. The van der Waals surface area contributed by atoms with Gasteiger partial charge in [0.15, 0.2) is 0 Å². The van der Waals surface area contributed by atoms with Crippen LogP contribution in [0.4, 0.5) is 0 Å². The molecular weight excluding hydrogens is 286 g/mol. The van der Waals surface area contributed by atoms with Crippen molar-refractivity contribution in [1.82, 2.24) is 15.5 Å². The number of nitrogens with one attached hydrogen (secondary N) is 2. The number of aromatic nitrogens is 2. The van der Waals surface area contributed by atoms with E-state index in [9.17, 15) is 5.11 Å². The van der Waals surface area contributed by atoms with Crippen molar-refractivity contribution in [2.45, 2.75) is 44.4 Å². The van der Waals surface area contributed by atoms with E-state index in [-0.39, 0.29) is 18.5 Å². The summed E-state index contributed by atoms with van der Waals surface area (Å²) < 4.78 is 0. The first-order valence-electron chi connectivity index (χ1n) is 7.32. The zero-order valence-corrected chi connectivity index (χ0v) is 12.8. The highest BCUT2D eigenvalue weighted by molar-refractivity contribution is 5.85. The molecule has 1 fully saturated rings. The van der Waals surface area contributed by atoms with Crippen LogP contribution in [0.25, 0.3) is 11.3 Å². The predicted molar refractivity (Wildman–Crippen MR) is 86.4 cm³/mol. The topological polar surface area (TPSA) is 60.9 Å². The van der Waals surface area contributed by atoms with E-state index in [0.717, 1.165) is 37.9 Å². The van der Waals surface area contributed by atoms with E-state index in [4.69, 9.17) is 0 Å². The van der Waals surface area contributed by atoms with Crippen molar-refractivity contribution in [3.63, 3.8) is 0 Å². The Morgan fingerprint density at radius 2 is 1.86 bits per heavy atom. The van der Waals surface area contributed by atoms with Crippen molar-refractivity contribution in [3.05, 3.63) is 42.1 Å². The van der Waals surface area contributed by atoms with Crippen LogP contribution < -0.4 is 5.32 Å². The molecule has 4 nitrogen and oxygen atoms in total. The maximum Gasteiger partial charge on any atom is 0.0695 e. The molecule has 1 heterocycles. The van der Waals surface area contributed by atoms with Crippen LogP contribution in [0.2, 0.25) is 0 Å². The molecule has 21 heavy (non-hydrogen) atoms. The Morgan fingerprint density at radius 3 is 2.57 bits per heavy atom. The number of benzene rings is 1. The lowest BCUT2D eigenvalue weighted by molar-refractivity contribution is 0.116. The smallest absolute Gasteiger partial charge is 0.0695 e. The largest absolute Gasteiger partial charge is 0.393 e. The molecule has 0 spiro atoms. The lowest BCUT2D eigenvalue weighted by Crippen LogP contribution is -2.34. The Balaban J connectivity index is 0.00000161. The van der Waals surface area contributed by atoms with Crippen molar-refractivity contribution < 1.29 is 5.11 Å². The Kier molecular flexibility index (Phi) is 5.79. The number of hydrogen-bond acceptors (Lipinski definition) is 3. The average Bonchev–Trinajstić information content (AvgIpc) is 2.96. The first-order chi connectivity index (χ1) is 9.83. The van der Waals surface area contributed by atoms with Gasteiger partial charge in [0, 0.05) is 18.2 Å². The molecule has 1 aromatic heterocycles. The van der Waals surface area contributed by atoms with Gasteiger partial charge < -0.3 is 10.4 Å². The molecule has 5 heteroatoms. The molecule has 1 aromatic carbocycles. The minimum absolute atomic E-state index is 0. The van der Waals surface area contributed by atoms with E-state index in [1.165, 1.54) is 11.1 Å². The van der Waals surface area contributed by atoms with Gasteiger partial charge in [-0.05, 0) is 31.2 Å². The number of nitrogens with zero attached hydrogens (tertiary/aromatic N) is 1. The molecule has 0 bridgehead atoms. The van der Waals surface area contributed by atoms with Crippen LogP contribution in [-0.2, 0) is 6.54 Å². The molecule has 0 atom stereocenters. The van der Waals surface area contributed by atoms with Gasteiger partial charge in [-0.1, -0.05) is 30.3 Å². The quantitative estimate of drug-likeness (QED) is 0.814. The minimum Gasteiger partial charge on any atom is -0.393 e. The Morgan fingerprint density at radius 1 is 1.14 bits per heavy atom. The fourth-order valence-corrected chi connectivity index (χ4v) is 2.83. The van der Waals surface area contributed by atoms with E-state index in [2.05, 4.69) is 27.6 Å². The number of halogens is 1. The lowest BCUT2D eigenvalue weighted by Gasteiger charge is -2.26. The van der Waals surface area contributed by atoms with E-state index < -0.39 is 0 Å². The maximum atomic E-state index is 9.53. The Bertz CT molecular complexity index is 535. The van der Waals surface area contributed by atoms with E-state index >= 15 is 0 Å². The molecule has 3 N–H and O–H groups in total. The number of aliphatic hydroxyl groups is 1. The normalized spacial score (nSPS) is 21.8. The fraction of sp³-hybridized carbons (Fsp3) is 0.438. The molecule has 1 aliphatic rings. The summed E-state index contributed by atoms with van der Waals surface area (Å²) in [6.07, 6.45) is 5.73. The first-order valence-corrected chi connectivity index (χ1v) is 7.32. The number of aliphatic hydroxyl groups excluding tert-OH is 1. The molecule has 0 amide bonds. The van der Waals surface area contributed by atoms with Crippen molar-refractivity contribution in [2.24, 2.45) is 0 Å². The second-order valence-corrected chi connectivity index (χ2v) is 5.52. The monoisotopic (exact) mass is 307 g/mol. The highest BCUT2D eigenvalue weighted by Crippen LogP contribution is 2.22. The van der Waals surface area contributed by atoms with Gasteiger partial charge >= 0.3 is 0 Å². The van der Waals surface area contributed by atoms with Crippen molar-refractivity contribution >= 4 is 12.4 Å². The van der Waals surface area contributed by atoms with Crippen LogP contribution in [0.5, 0.6) is 0 Å². The second kappa shape index (κ2) is 7.59. The highest BCUT2D eigenvalue weighted by Gasteiger charge is 2.19.